The third kappa shape index (κ3) is 5.60. The van der Waals surface area contributed by atoms with E-state index in [1.165, 1.54) is 0 Å². The Hall–Kier alpha value is -2.33. The van der Waals surface area contributed by atoms with Crippen LogP contribution in [0.3, 0.4) is 0 Å². The number of hydrogen-bond donors (Lipinski definition) is 1. The van der Waals surface area contributed by atoms with Crippen LogP contribution >= 0.6 is 11.6 Å². The summed E-state index contributed by atoms with van der Waals surface area (Å²) in [7, 11) is 1.62. The van der Waals surface area contributed by atoms with E-state index in [0.717, 1.165) is 11.3 Å². The topological polar surface area (TPSA) is 55.4 Å². The van der Waals surface area contributed by atoms with Gasteiger partial charge in [0.2, 0.25) is 5.91 Å². The Morgan fingerprint density at radius 3 is 2.15 bits per heavy atom. The van der Waals surface area contributed by atoms with Gasteiger partial charge in [0, 0.05) is 23.4 Å². The lowest BCUT2D eigenvalue weighted by Gasteiger charge is -2.23. The van der Waals surface area contributed by atoms with Crippen LogP contribution in [0.1, 0.15) is 48.7 Å². The van der Waals surface area contributed by atoms with Gasteiger partial charge in [-0.15, -0.1) is 0 Å². The van der Waals surface area contributed by atoms with Crippen LogP contribution in [0, 0.1) is 5.92 Å². The summed E-state index contributed by atoms with van der Waals surface area (Å²) >= 11 is 5.82. The Labute approximate surface area is 159 Å². The number of carbonyl (C=O) groups excluding carboxylic acids is 2. The van der Waals surface area contributed by atoms with Crippen LogP contribution in [0.5, 0.6) is 5.75 Å². The summed E-state index contributed by atoms with van der Waals surface area (Å²) in [6, 6.07) is 14.2. The predicted molar refractivity (Wildman–Crippen MR) is 104 cm³/mol. The van der Waals surface area contributed by atoms with Crippen LogP contribution in [-0.4, -0.2) is 18.8 Å². The number of carbonyl (C=O) groups is 2. The minimum atomic E-state index is -0.137. The first-order valence-electron chi connectivity index (χ1n) is 8.62. The molecule has 138 valence electrons. The van der Waals surface area contributed by atoms with E-state index in [2.05, 4.69) is 5.32 Å². The first kappa shape index (κ1) is 20.0. The summed E-state index contributed by atoms with van der Waals surface area (Å²) < 4.78 is 5.17. The summed E-state index contributed by atoms with van der Waals surface area (Å²) in [5.74, 6) is 0.791. The van der Waals surface area contributed by atoms with Crippen molar-refractivity contribution in [2.24, 2.45) is 5.92 Å². The number of halogens is 1. The highest BCUT2D eigenvalue weighted by Gasteiger charge is 2.19. The van der Waals surface area contributed by atoms with Crippen LogP contribution in [0.15, 0.2) is 48.5 Å². The zero-order valence-electron chi connectivity index (χ0n) is 15.3. The van der Waals surface area contributed by atoms with E-state index in [0.29, 0.717) is 10.6 Å². The van der Waals surface area contributed by atoms with Gasteiger partial charge in [-0.25, -0.2) is 0 Å². The third-order valence-corrected chi connectivity index (χ3v) is 4.46. The summed E-state index contributed by atoms with van der Waals surface area (Å²) in [5.41, 5.74) is 1.58. The zero-order chi connectivity index (χ0) is 19.1. The van der Waals surface area contributed by atoms with Crippen molar-refractivity contribution in [1.29, 1.82) is 0 Å². The SMILES string of the molecule is COc1ccc(C(NC(=O)CCC(=O)c2ccc(Cl)cc2)C(C)C)cc1. The molecule has 2 aromatic carbocycles. The maximum absolute atomic E-state index is 12.3. The van der Waals surface area contributed by atoms with Crippen LogP contribution < -0.4 is 10.1 Å². The number of Topliss-reactive ketones (excluding diaryl/α,β-unsaturated/α-hetero) is 1. The van der Waals surface area contributed by atoms with Gasteiger partial charge in [0.15, 0.2) is 5.78 Å². The second-order valence-electron chi connectivity index (χ2n) is 6.49. The average Bonchev–Trinajstić information content (AvgIpc) is 2.64. The van der Waals surface area contributed by atoms with Gasteiger partial charge in [0.25, 0.3) is 0 Å². The van der Waals surface area contributed by atoms with Gasteiger partial charge >= 0.3 is 0 Å². The molecule has 1 unspecified atom stereocenters. The highest BCUT2D eigenvalue weighted by molar-refractivity contribution is 6.30. The summed E-state index contributed by atoms with van der Waals surface area (Å²) in [4.78, 5) is 24.5. The average molecular weight is 374 g/mol. The fourth-order valence-electron chi connectivity index (χ4n) is 2.70. The van der Waals surface area contributed by atoms with E-state index in [9.17, 15) is 9.59 Å². The number of amides is 1. The van der Waals surface area contributed by atoms with E-state index < -0.39 is 0 Å². The van der Waals surface area contributed by atoms with Crippen LogP contribution in [0.4, 0.5) is 0 Å². The minimum Gasteiger partial charge on any atom is -0.497 e. The molecule has 5 heteroatoms. The molecule has 0 bridgehead atoms. The van der Waals surface area contributed by atoms with E-state index in [1.807, 2.05) is 38.1 Å². The monoisotopic (exact) mass is 373 g/mol. The van der Waals surface area contributed by atoms with E-state index in [4.69, 9.17) is 16.3 Å². The zero-order valence-corrected chi connectivity index (χ0v) is 16.0. The number of hydrogen-bond acceptors (Lipinski definition) is 3. The fraction of sp³-hybridized carbons (Fsp3) is 0.333. The van der Waals surface area contributed by atoms with E-state index in [1.54, 1.807) is 31.4 Å². The van der Waals surface area contributed by atoms with Gasteiger partial charge < -0.3 is 10.1 Å². The summed E-state index contributed by atoms with van der Waals surface area (Å²) in [6.07, 6.45) is 0.321. The van der Waals surface area contributed by atoms with Crippen LogP contribution in [0.25, 0.3) is 0 Å². The molecule has 0 fully saturated rings. The summed E-state index contributed by atoms with van der Waals surface area (Å²) in [5, 5.41) is 3.62. The molecule has 1 atom stereocenters. The predicted octanol–water partition coefficient (Wildman–Crippen LogP) is 4.83. The second kappa shape index (κ2) is 9.39. The quantitative estimate of drug-likeness (QED) is 0.674. The number of benzene rings is 2. The Morgan fingerprint density at radius 2 is 1.62 bits per heavy atom. The molecule has 0 spiro atoms. The lowest BCUT2D eigenvalue weighted by Crippen LogP contribution is -2.31. The molecule has 0 saturated carbocycles. The molecule has 0 aliphatic rings. The van der Waals surface area contributed by atoms with Crippen molar-refractivity contribution in [3.63, 3.8) is 0 Å². The third-order valence-electron chi connectivity index (χ3n) is 4.20. The van der Waals surface area contributed by atoms with Gasteiger partial charge in [0.1, 0.15) is 5.75 Å². The molecule has 0 saturated heterocycles. The molecule has 0 aliphatic heterocycles. The molecular weight excluding hydrogens is 350 g/mol. The Kier molecular flexibility index (Phi) is 7.22. The Bertz CT molecular complexity index is 739. The van der Waals surface area contributed by atoms with Gasteiger partial charge in [-0.3, -0.25) is 9.59 Å². The van der Waals surface area contributed by atoms with Crippen molar-refractivity contribution in [2.75, 3.05) is 7.11 Å². The minimum absolute atomic E-state index is 0.0673. The normalized spacial score (nSPS) is 11.9. The fourth-order valence-corrected chi connectivity index (χ4v) is 2.82. The van der Waals surface area contributed by atoms with E-state index in [-0.39, 0.29) is 36.5 Å². The van der Waals surface area contributed by atoms with Gasteiger partial charge in [0.05, 0.1) is 13.2 Å². The number of nitrogens with one attached hydrogen (secondary N) is 1. The van der Waals surface area contributed by atoms with Crippen molar-refractivity contribution in [3.8, 4) is 5.75 Å². The van der Waals surface area contributed by atoms with Crippen molar-refractivity contribution >= 4 is 23.3 Å². The molecule has 2 aromatic rings. The lowest BCUT2D eigenvalue weighted by molar-refractivity contribution is -0.122. The smallest absolute Gasteiger partial charge is 0.220 e. The van der Waals surface area contributed by atoms with Gasteiger partial charge in [-0.2, -0.15) is 0 Å². The first-order chi connectivity index (χ1) is 12.4. The van der Waals surface area contributed by atoms with Crippen molar-refractivity contribution < 1.29 is 14.3 Å². The Balaban J connectivity index is 1.94. The number of rotatable bonds is 8. The molecular formula is C21H24ClNO3. The standard InChI is InChI=1S/C21H24ClNO3/c1-14(2)21(16-6-10-18(26-3)11-7-16)23-20(25)13-12-19(24)15-4-8-17(22)9-5-15/h4-11,14,21H,12-13H2,1-3H3,(H,23,25). The van der Waals surface area contributed by atoms with Crippen molar-refractivity contribution in [2.45, 2.75) is 32.7 Å². The van der Waals surface area contributed by atoms with Crippen molar-refractivity contribution in [3.05, 3.63) is 64.7 Å². The largest absolute Gasteiger partial charge is 0.497 e. The molecule has 0 radical (unpaired) electrons. The molecule has 0 heterocycles. The first-order valence-corrected chi connectivity index (χ1v) is 9.00. The maximum atomic E-state index is 12.3. The van der Waals surface area contributed by atoms with E-state index >= 15 is 0 Å². The second-order valence-corrected chi connectivity index (χ2v) is 6.93. The molecule has 0 aromatic heterocycles. The molecule has 4 nitrogen and oxygen atoms in total. The molecule has 26 heavy (non-hydrogen) atoms. The van der Waals surface area contributed by atoms with Crippen LogP contribution in [0.2, 0.25) is 5.02 Å². The van der Waals surface area contributed by atoms with Gasteiger partial charge in [-0.1, -0.05) is 37.6 Å². The maximum Gasteiger partial charge on any atom is 0.220 e. The number of ketones is 1. The highest BCUT2D eigenvalue weighted by atomic mass is 35.5. The number of methoxy groups -OCH3 is 1. The lowest BCUT2D eigenvalue weighted by atomic mass is 9.95. The number of ether oxygens (including phenoxy) is 1. The summed E-state index contributed by atoms with van der Waals surface area (Å²) in [6.45, 7) is 4.10. The molecule has 0 aliphatic carbocycles. The molecule has 2 rings (SSSR count). The van der Waals surface area contributed by atoms with Crippen molar-refractivity contribution in [1.82, 2.24) is 5.32 Å². The molecule has 1 amide bonds. The highest BCUT2D eigenvalue weighted by Crippen LogP contribution is 2.24. The Morgan fingerprint density at radius 1 is 1.00 bits per heavy atom. The molecule has 1 N–H and O–H groups in total. The van der Waals surface area contributed by atoms with Gasteiger partial charge in [-0.05, 0) is 47.9 Å². The van der Waals surface area contributed by atoms with Crippen LogP contribution in [-0.2, 0) is 4.79 Å².